The summed E-state index contributed by atoms with van der Waals surface area (Å²) in [5.74, 6) is -4.21. The summed E-state index contributed by atoms with van der Waals surface area (Å²) >= 11 is 0. The molecule has 3 heterocycles. The first kappa shape index (κ1) is 31.1. The molecular formula is C32H25N5O10. The number of hydrogen-bond acceptors (Lipinski definition) is 12. The molecule has 15 heteroatoms. The fraction of sp³-hybridized carbons (Fsp3) is 0.219. The van der Waals surface area contributed by atoms with E-state index in [0.29, 0.717) is 0 Å². The number of amides is 2. The van der Waals surface area contributed by atoms with Crippen LogP contribution in [0.4, 0.5) is 0 Å². The summed E-state index contributed by atoms with van der Waals surface area (Å²) < 4.78 is 30.5. The zero-order chi connectivity index (χ0) is 32.9. The first-order chi connectivity index (χ1) is 22.8. The van der Waals surface area contributed by atoms with Gasteiger partial charge in [-0.25, -0.2) is 19.1 Å². The summed E-state index contributed by atoms with van der Waals surface area (Å²) in [6, 6.07) is 24.0. The van der Waals surface area contributed by atoms with Gasteiger partial charge in [0, 0.05) is 7.11 Å². The standard InChI is InChI=1S/C32H25N5O10/c1-43-32-26(47-31(42)20-15-9-4-10-16-20)25(46-30(41)19-13-7-3-8-14-19)24(45-29(40)18-11-5-2-6-12-18)21(44-32)17-37-23-22(33-36-37)27(38)34-35-28(23)39/h2-16,21,24-26,32H,17H2,1H3/t21-,24-,25+,26-,32+/m1/s1. The van der Waals surface area contributed by atoms with Crippen molar-refractivity contribution in [2.75, 3.05) is 7.11 Å². The lowest BCUT2D eigenvalue weighted by atomic mass is 9.97. The van der Waals surface area contributed by atoms with E-state index in [1.54, 1.807) is 54.6 Å². The maximum Gasteiger partial charge on any atom is 0.338 e. The molecule has 238 valence electrons. The summed E-state index contributed by atoms with van der Waals surface area (Å²) in [6.45, 7) is -0.373. The number of ether oxygens (including phenoxy) is 5. The predicted octanol–water partition coefficient (Wildman–Crippen LogP) is 3.07. The second-order valence-electron chi connectivity index (χ2n) is 10.3. The van der Waals surface area contributed by atoms with Gasteiger partial charge in [-0.3, -0.25) is 9.59 Å². The molecule has 0 saturated carbocycles. The zero-order valence-corrected chi connectivity index (χ0v) is 24.6. The Labute approximate surface area is 266 Å². The number of fused-ring (bicyclic) bond motifs is 1. The van der Waals surface area contributed by atoms with Crippen LogP contribution < -0.4 is 0 Å². The van der Waals surface area contributed by atoms with Crippen molar-refractivity contribution in [3.63, 3.8) is 0 Å². The van der Waals surface area contributed by atoms with Crippen LogP contribution in [-0.2, 0) is 30.2 Å². The largest absolute Gasteiger partial charge is 0.452 e. The van der Waals surface area contributed by atoms with Crippen LogP contribution in [0.5, 0.6) is 0 Å². The van der Waals surface area contributed by atoms with E-state index >= 15 is 0 Å². The van der Waals surface area contributed by atoms with Crippen LogP contribution in [0.1, 0.15) is 52.1 Å². The average molecular weight is 640 g/mol. The van der Waals surface area contributed by atoms with Crippen LogP contribution in [0.2, 0.25) is 0 Å². The van der Waals surface area contributed by atoms with Crippen molar-refractivity contribution in [2.45, 2.75) is 37.3 Å². The highest BCUT2D eigenvalue weighted by Crippen LogP contribution is 2.32. The number of methoxy groups -OCH3 is 1. The van der Waals surface area contributed by atoms with Gasteiger partial charge in [0.05, 0.1) is 23.2 Å². The molecule has 6 rings (SSSR count). The number of aromatic nitrogens is 3. The Morgan fingerprint density at radius 2 is 1.15 bits per heavy atom. The van der Waals surface area contributed by atoms with Gasteiger partial charge in [0.2, 0.25) is 0 Å². The van der Waals surface area contributed by atoms with E-state index in [2.05, 4.69) is 20.5 Å². The molecule has 0 bridgehead atoms. The number of azo groups is 1. The number of carbonyl (C=O) groups is 5. The number of hydrogen-bond donors (Lipinski definition) is 0. The van der Waals surface area contributed by atoms with Gasteiger partial charge in [0.25, 0.3) is 0 Å². The van der Waals surface area contributed by atoms with E-state index in [1.807, 2.05) is 0 Å². The molecule has 0 aliphatic carbocycles. The van der Waals surface area contributed by atoms with Gasteiger partial charge in [0.1, 0.15) is 6.10 Å². The third kappa shape index (κ3) is 6.56. The van der Waals surface area contributed by atoms with Crippen molar-refractivity contribution in [3.8, 4) is 0 Å². The van der Waals surface area contributed by atoms with Crippen LogP contribution in [0.25, 0.3) is 0 Å². The summed E-state index contributed by atoms with van der Waals surface area (Å²) in [4.78, 5) is 65.1. The van der Waals surface area contributed by atoms with Gasteiger partial charge in [-0.1, -0.05) is 59.8 Å². The minimum atomic E-state index is -1.52. The first-order valence-corrected chi connectivity index (χ1v) is 14.2. The number of carbonyl (C=O) groups excluding carboxylic acids is 5. The van der Waals surface area contributed by atoms with Crippen molar-refractivity contribution in [3.05, 3.63) is 119 Å². The molecule has 2 aliphatic heterocycles. The van der Waals surface area contributed by atoms with Gasteiger partial charge in [-0.2, -0.15) is 0 Å². The highest BCUT2D eigenvalue weighted by atomic mass is 16.7. The third-order valence-electron chi connectivity index (χ3n) is 7.31. The second kappa shape index (κ2) is 13.6. The Hall–Kier alpha value is -5.93. The van der Waals surface area contributed by atoms with Crippen molar-refractivity contribution in [1.29, 1.82) is 0 Å². The molecule has 47 heavy (non-hydrogen) atoms. The molecule has 15 nitrogen and oxygen atoms in total. The molecule has 1 aromatic heterocycles. The molecule has 3 aromatic carbocycles. The quantitative estimate of drug-likeness (QED) is 0.193. The Morgan fingerprint density at radius 1 is 0.681 bits per heavy atom. The third-order valence-corrected chi connectivity index (χ3v) is 7.31. The topological polar surface area (TPSA) is 187 Å². The van der Waals surface area contributed by atoms with Crippen LogP contribution in [0, 0.1) is 0 Å². The molecule has 0 radical (unpaired) electrons. The Balaban J connectivity index is 1.41. The van der Waals surface area contributed by atoms with E-state index in [0.717, 1.165) is 4.68 Å². The maximum atomic E-state index is 13.5. The van der Waals surface area contributed by atoms with Crippen molar-refractivity contribution in [2.24, 2.45) is 10.2 Å². The fourth-order valence-corrected chi connectivity index (χ4v) is 5.07. The fourth-order valence-electron chi connectivity index (χ4n) is 5.07. The van der Waals surface area contributed by atoms with Gasteiger partial charge >= 0.3 is 29.7 Å². The van der Waals surface area contributed by atoms with E-state index in [4.69, 9.17) is 23.7 Å². The highest BCUT2D eigenvalue weighted by molar-refractivity contribution is 6.08. The van der Waals surface area contributed by atoms with Crippen LogP contribution in [0.3, 0.4) is 0 Å². The second-order valence-corrected chi connectivity index (χ2v) is 10.3. The molecule has 0 spiro atoms. The lowest BCUT2D eigenvalue weighted by Crippen LogP contribution is -2.62. The minimum Gasteiger partial charge on any atom is -0.452 e. The molecular weight excluding hydrogens is 614 g/mol. The molecule has 4 aromatic rings. The van der Waals surface area contributed by atoms with E-state index in [-0.39, 0.29) is 34.6 Å². The summed E-state index contributed by atoms with van der Waals surface area (Å²) in [5.41, 5.74) is -0.104. The Morgan fingerprint density at radius 3 is 1.66 bits per heavy atom. The first-order valence-electron chi connectivity index (χ1n) is 14.2. The molecule has 0 unspecified atom stereocenters. The molecule has 2 amide bonds. The van der Waals surface area contributed by atoms with Crippen molar-refractivity contribution >= 4 is 29.7 Å². The molecule has 1 fully saturated rings. The van der Waals surface area contributed by atoms with Crippen LogP contribution in [0.15, 0.2) is 101 Å². The van der Waals surface area contributed by atoms with E-state index in [9.17, 15) is 24.0 Å². The van der Waals surface area contributed by atoms with Gasteiger partial charge in [-0.15, -0.1) is 15.3 Å². The molecule has 1 saturated heterocycles. The lowest BCUT2D eigenvalue weighted by molar-refractivity contribution is -0.289. The maximum absolute atomic E-state index is 13.5. The summed E-state index contributed by atoms with van der Waals surface area (Å²) in [6.07, 6.45) is -7.15. The van der Waals surface area contributed by atoms with Crippen molar-refractivity contribution in [1.82, 2.24) is 15.0 Å². The van der Waals surface area contributed by atoms with E-state index in [1.165, 1.54) is 43.5 Å². The van der Waals surface area contributed by atoms with Gasteiger partial charge in [-0.05, 0) is 36.4 Å². The summed E-state index contributed by atoms with van der Waals surface area (Å²) in [7, 11) is 1.28. The molecule has 0 N–H and O–H groups in total. The number of nitrogens with zero attached hydrogens (tertiary/aromatic N) is 5. The van der Waals surface area contributed by atoms with E-state index < -0.39 is 60.4 Å². The molecule has 2 aliphatic rings. The van der Waals surface area contributed by atoms with Crippen molar-refractivity contribution < 1.29 is 47.7 Å². The smallest absolute Gasteiger partial charge is 0.338 e. The average Bonchev–Trinajstić information content (AvgIpc) is 3.54. The summed E-state index contributed by atoms with van der Waals surface area (Å²) in [5, 5.41) is 14.3. The monoisotopic (exact) mass is 639 g/mol. The van der Waals surface area contributed by atoms with Crippen LogP contribution in [-0.4, -0.2) is 82.5 Å². The Bertz CT molecular complexity index is 1830. The number of benzene rings is 3. The zero-order valence-electron chi connectivity index (χ0n) is 24.6. The lowest BCUT2D eigenvalue weighted by Gasteiger charge is -2.44. The SMILES string of the molecule is CO[C@H]1O[C@H](Cn2nnc3c2C(=O)N=NC3=O)[C@@H](OC(=O)c2ccccc2)[C@H](OC(=O)c2ccccc2)[C@H]1OC(=O)c1ccccc1. The Kier molecular flexibility index (Phi) is 8.99. The number of esters is 3. The van der Waals surface area contributed by atoms with Crippen LogP contribution >= 0.6 is 0 Å². The van der Waals surface area contributed by atoms with Gasteiger partial charge < -0.3 is 23.7 Å². The molecule has 5 atom stereocenters. The highest BCUT2D eigenvalue weighted by Gasteiger charge is 2.53. The predicted molar refractivity (Wildman–Crippen MR) is 156 cm³/mol. The minimum absolute atomic E-state index is 0.158. The normalized spacial score (nSPS) is 21.9. The van der Waals surface area contributed by atoms with Gasteiger partial charge in [0.15, 0.2) is 36.0 Å². The number of rotatable bonds is 9.